The molecular weight excluding hydrogens is 164 g/mol. The van der Waals surface area contributed by atoms with Crippen LogP contribution in [0, 0.1) is 0 Å². The molecule has 0 saturated heterocycles. The number of hydrogen-bond acceptors (Lipinski definition) is 3. The third kappa shape index (κ3) is 2.95. The van der Waals surface area contributed by atoms with Gasteiger partial charge in [-0.2, -0.15) is 0 Å². The fourth-order valence-corrected chi connectivity index (χ4v) is 1.02. The zero-order valence-electron chi connectivity index (χ0n) is 7.77. The van der Waals surface area contributed by atoms with Gasteiger partial charge in [0.05, 0.1) is 6.10 Å². The maximum absolute atomic E-state index is 9.68. The van der Waals surface area contributed by atoms with E-state index in [0.717, 1.165) is 17.6 Å². The Kier molecular flexibility index (Phi) is 3.58. The van der Waals surface area contributed by atoms with Gasteiger partial charge < -0.3 is 5.11 Å². The number of nitrogens with zero attached hydrogens (tertiary/aromatic N) is 2. The molecule has 0 amide bonds. The van der Waals surface area contributed by atoms with Crippen LogP contribution in [0.2, 0.25) is 0 Å². The van der Waals surface area contributed by atoms with E-state index >= 15 is 0 Å². The first-order valence-electron chi connectivity index (χ1n) is 4.33. The van der Waals surface area contributed by atoms with Crippen molar-refractivity contribution in [1.82, 2.24) is 9.97 Å². The first kappa shape index (κ1) is 9.86. The third-order valence-electron chi connectivity index (χ3n) is 1.95. The van der Waals surface area contributed by atoms with Gasteiger partial charge in [0.2, 0.25) is 0 Å². The van der Waals surface area contributed by atoms with Crippen molar-refractivity contribution < 1.29 is 5.11 Å². The largest absolute Gasteiger partial charge is 0.388 e. The summed E-state index contributed by atoms with van der Waals surface area (Å²) in [5, 5.41) is 9.68. The second-order valence-corrected chi connectivity index (χ2v) is 3.00. The van der Waals surface area contributed by atoms with E-state index in [4.69, 9.17) is 0 Å². The molecule has 1 N–H and O–H groups in total. The fourth-order valence-electron chi connectivity index (χ4n) is 1.02. The van der Waals surface area contributed by atoms with E-state index in [-0.39, 0.29) is 0 Å². The lowest BCUT2D eigenvalue weighted by Gasteiger charge is -2.10. The molecule has 0 aliphatic carbocycles. The summed E-state index contributed by atoms with van der Waals surface area (Å²) < 4.78 is 0. The van der Waals surface area contributed by atoms with Gasteiger partial charge in [-0.1, -0.05) is 19.1 Å². The minimum Gasteiger partial charge on any atom is -0.388 e. The Balaban J connectivity index is 2.59. The molecule has 1 unspecified atom stereocenters. The van der Waals surface area contributed by atoms with Gasteiger partial charge in [-0.15, -0.1) is 0 Å². The van der Waals surface area contributed by atoms with E-state index in [0.29, 0.717) is 6.42 Å². The van der Waals surface area contributed by atoms with Crippen LogP contribution in [0.25, 0.3) is 0 Å². The lowest BCUT2D eigenvalue weighted by molar-refractivity contribution is 0.176. The van der Waals surface area contributed by atoms with Crippen molar-refractivity contribution in [2.45, 2.75) is 25.9 Å². The van der Waals surface area contributed by atoms with E-state index in [1.54, 1.807) is 12.4 Å². The molecule has 1 aromatic heterocycles. The third-order valence-corrected chi connectivity index (χ3v) is 1.95. The van der Waals surface area contributed by atoms with Crippen molar-refractivity contribution in [1.29, 1.82) is 0 Å². The second-order valence-electron chi connectivity index (χ2n) is 3.00. The SMILES string of the molecule is C=C(CC)CC(O)c1cncnc1. The monoisotopic (exact) mass is 178 g/mol. The Morgan fingerprint density at radius 3 is 2.69 bits per heavy atom. The molecule has 0 fully saturated rings. The van der Waals surface area contributed by atoms with Crippen LogP contribution in [0.1, 0.15) is 31.4 Å². The highest BCUT2D eigenvalue weighted by Gasteiger charge is 2.08. The van der Waals surface area contributed by atoms with Crippen LogP contribution in [0.5, 0.6) is 0 Å². The van der Waals surface area contributed by atoms with Crippen LogP contribution < -0.4 is 0 Å². The van der Waals surface area contributed by atoms with E-state index in [2.05, 4.69) is 16.5 Å². The predicted molar refractivity (Wildman–Crippen MR) is 51.0 cm³/mol. The molecule has 3 heteroatoms. The second kappa shape index (κ2) is 4.72. The molecule has 0 aliphatic heterocycles. The highest BCUT2D eigenvalue weighted by atomic mass is 16.3. The lowest BCUT2D eigenvalue weighted by Crippen LogP contribution is -1.99. The number of aliphatic hydroxyl groups is 1. The highest BCUT2D eigenvalue weighted by Crippen LogP contribution is 2.19. The summed E-state index contributed by atoms with van der Waals surface area (Å²) in [6, 6.07) is 0. The summed E-state index contributed by atoms with van der Waals surface area (Å²) in [5.41, 5.74) is 1.79. The molecule has 1 aromatic rings. The number of aromatic nitrogens is 2. The first-order chi connectivity index (χ1) is 6.24. The Bertz CT molecular complexity index is 272. The highest BCUT2D eigenvalue weighted by molar-refractivity contribution is 5.10. The van der Waals surface area contributed by atoms with E-state index < -0.39 is 6.10 Å². The molecule has 3 nitrogen and oxygen atoms in total. The lowest BCUT2D eigenvalue weighted by atomic mass is 10.0. The summed E-state index contributed by atoms with van der Waals surface area (Å²) >= 11 is 0. The van der Waals surface area contributed by atoms with Gasteiger partial charge in [0.1, 0.15) is 6.33 Å². The van der Waals surface area contributed by atoms with Gasteiger partial charge in [-0.3, -0.25) is 0 Å². The Morgan fingerprint density at radius 1 is 1.54 bits per heavy atom. The van der Waals surface area contributed by atoms with Gasteiger partial charge in [-0.05, 0) is 12.8 Å². The van der Waals surface area contributed by atoms with Gasteiger partial charge in [-0.25, -0.2) is 9.97 Å². The number of hydrogen-bond donors (Lipinski definition) is 1. The van der Waals surface area contributed by atoms with Crippen LogP contribution in [-0.2, 0) is 0 Å². The molecule has 0 spiro atoms. The molecular formula is C10H14N2O. The summed E-state index contributed by atoms with van der Waals surface area (Å²) in [7, 11) is 0. The molecule has 0 bridgehead atoms. The molecule has 0 aliphatic rings. The standard InChI is InChI=1S/C10H14N2O/c1-3-8(2)4-10(13)9-5-11-7-12-6-9/h5-7,10,13H,2-4H2,1H3. The molecule has 0 saturated carbocycles. The van der Waals surface area contributed by atoms with Crippen molar-refractivity contribution in [3.8, 4) is 0 Å². The summed E-state index contributed by atoms with van der Waals surface area (Å²) in [4.78, 5) is 7.68. The van der Waals surface area contributed by atoms with Gasteiger partial charge in [0.25, 0.3) is 0 Å². The molecule has 0 aromatic carbocycles. The number of rotatable bonds is 4. The predicted octanol–water partition coefficient (Wildman–Crippen LogP) is 1.87. The van der Waals surface area contributed by atoms with E-state index in [1.807, 2.05) is 6.92 Å². The average molecular weight is 178 g/mol. The first-order valence-corrected chi connectivity index (χ1v) is 4.33. The Hall–Kier alpha value is -1.22. The normalized spacial score (nSPS) is 12.5. The molecule has 13 heavy (non-hydrogen) atoms. The van der Waals surface area contributed by atoms with Crippen molar-refractivity contribution in [2.24, 2.45) is 0 Å². The summed E-state index contributed by atoms with van der Waals surface area (Å²) in [6.45, 7) is 5.86. The Labute approximate surface area is 78.2 Å². The maximum atomic E-state index is 9.68. The topological polar surface area (TPSA) is 46.0 Å². The average Bonchev–Trinajstić information content (AvgIpc) is 2.19. The quantitative estimate of drug-likeness (QED) is 0.716. The zero-order chi connectivity index (χ0) is 9.68. The van der Waals surface area contributed by atoms with Crippen molar-refractivity contribution in [3.05, 3.63) is 36.4 Å². The molecule has 1 atom stereocenters. The minimum atomic E-state index is -0.520. The summed E-state index contributed by atoms with van der Waals surface area (Å²) in [5.74, 6) is 0. The van der Waals surface area contributed by atoms with E-state index in [9.17, 15) is 5.11 Å². The molecule has 0 radical (unpaired) electrons. The summed E-state index contributed by atoms with van der Waals surface area (Å²) in [6.07, 6.45) is 5.66. The molecule has 1 heterocycles. The smallest absolute Gasteiger partial charge is 0.115 e. The van der Waals surface area contributed by atoms with Crippen LogP contribution >= 0.6 is 0 Å². The number of aliphatic hydroxyl groups excluding tert-OH is 1. The Morgan fingerprint density at radius 2 is 2.15 bits per heavy atom. The maximum Gasteiger partial charge on any atom is 0.115 e. The van der Waals surface area contributed by atoms with Crippen molar-refractivity contribution in [2.75, 3.05) is 0 Å². The van der Waals surface area contributed by atoms with Crippen LogP contribution in [0.3, 0.4) is 0 Å². The van der Waals surface area contributed by atoms with Gasteiger partial charge in [0, 0.05) is 18.0 Å². The van der Waals surface area contributed by atoms with Crippen molar-refractivity contribution >= 4 is 0 Å². The molecule has 1 rings (SSSR count). The van der Waals surface area contributed by atoms with Crippen LogP contribution in [-0.4, -0.2) is 15.1 Å². The zero-order valence-corrected chi connectivity index (χ0v) is 7.77. The van der Waals surface area contributed by atoms with E-state index in [1.165, 1.54) is 6.33 Å². The van der Waals surface area contributed by atoms with Crippen molar-refractivity contribution in [3.63, 3.8) is 0 Å². The van der Waals surface area contributed by atoms with Gasteiger partial charge in [0.15, 0.2) is 0 Å². The van der Waals surface area contributed by atoms with Crippen LogP contribution in [0.15, 0.2) is 30.9 Å². The fraction of sp³-hybridized carbons (Fsp3) is 0.400. The van der Waals surface area contributed by atoms with Crippen LogP contribution in [0.4, 0.5) is 0 Å². The minimum absolute atomic E-state index is 0.520. The van der Waals surface area contributed by atoms with Gasteiger partial charge >= 0.3 is 0 Å². The molecule has 70 valence electrons.